The molecule has 1 rings (SSSR count). The van der Waals surface area contributed by atoms with Crippen LogP contribution in [0.15, 0.2) is 56.2 Å². The molecule has 1 nitrogen and oxygen atoms in total. The highest BCUT2D eigenvalue weighted by Gasteiger charge is 2.09. The number of benzene rings is 1. The molecule has 17 heavy (non-hydrogen) atoms. The van der Waals surface area contributed by atoms with Crippen LogP contribution in [-0.4, -0.2) is 16.9 Å². The predicted octanol–water partition coefficient (Wildman–Crippen LogP) is 3.22. The fourth-order valence-electron chi connectivity index (χ4n) is 1.83. The Balaban J connectivity index is 3.17. The van der Waals surface area contributed by atoms with E-state index in [0.29, 0.717) is 0 Å². The van der Waals surface area contributed by atoms with Gasteiger partial charge in [0.25, 0.3) is 0 Å². The Morgan fingerprint density at radius 2 is 1.76 bits per heavy atom. The lowest BCUT2D eigenvalue weighted by Gasteiger charge is -2.22. The lowest BCUT2D eigenvalue weighted by Crippen LogP contribution is -2.20. The molecule has 1 aromatic carbocycles. The molecule has 2 heteroatoms. The van der Waals surface area contributed by atoms with Gasteiger partial charge in [0.05, 0.1) is 0 Å². The summed E-state index contributed by atoms with van der Waals surface area (Å²) in [5, 5.41) is 0. The van der Waals surface area contributed by atoms with E-state index in [1.54, 1.807) is 0 Å². The average molecular weight is 240 g/mol. The van der Waals surface area contributed by atoms with Crippen molar-refractivity contribution in [1.82, 2.24) is 0 Å². The second-order valence-electron chi connectivity index (χ2n) is 3.80. The second kappa shape index (κ2) is 6.92. The van der Waals surface area contributed by atoms with Gasteiger partial charge in [-0.1, -0.05) is 30.4 Å². The molecule has 0 heterocycles. The van der Waals surface area contributed by atoms with E-state index in [4.69, 9.17) is 0 Å². The monoisotopic (exact) mass is 240 g/mol. The second-order valence-corrected chi connectivity index (χ2v) is 4.34. The van der Waals surface area contributed by atoms with E-state index in [9.17, 15) is 0 Å². The van der Waals surface area contributed by atoms with Crippen molar-refractivity contribution in [2.45, 2.75) is 12.8 Å². The standard InChI is InChI=1S/C15H18NSi/c1-4-8-13-10-7-11-15(14(13)9-5-2)16(17)12-6-3/h4-7,10-11H,1-3,8-9,12H2. The molecule has 0 aliphatic heterocycles. The number of hydrogen-bond donors (Lipinski definition) is 0. The maximum Gasteiger partial charge on any atom is 0.189 e. The van der Waals surface area contributed by atoms with Crippen LogP contribution in [0.25, 0.3) is 0 Å². The van der Waals surface area contributed by atoms with E-state index in [0.717, 1.165) is 19.4 Å². The Kier molecular flexibility index (Phi) is 5.50. The first-order valence-electron chi connectivity index (χ1n) is 5.66. The van der Waals surface area contributed by atoms with Crippen molar-refractivity contribution in [2.24, 2.45) is 0 Å². The summed E-state index contributed by atoms with van der Waals surface area (Å²) in [6.07, 6.45) is 7.46. The van der Waals surface area contributed by atoms with Gasteiger partial charge in [0.1, 0.15) is 0 Å². The van der Waals surface area contributed by atoms with Gasteiger partial charge in [-0.3, -0.25) is 0 Å². The summed E-state index contributed by atoms with van der Waals surface area (Å²) in [6, 6.07) is 6.30. The number of rotatable bonds is 7. The molecule has 0 saturated heterocycles. The van der Waals surface area contributed by atoms with Crippen molar-refractivity contribution >= 4 is 16.1 Å². The lowest BCUT2D eigenvalue weighted by molar-refractivity contribution is 1.10. The van der Waals surface area contributed by atoms with Gasteiger partial charge in [0.15, 0.2) is 10.4 Å². The minimum Gasteiger partial charge on any atom is -0.395 e. The van der Waals surface area contributed by atoms with Crippen LogP contribution in [0.4, 0.5) is 5.69 Å². The third kappa shape index (κ3) is 3.46. The van der Waals surface area contributed by atoms with Crippen LogP contribution in [0.1, 0.15) is 11.1 Å². The number of allylic oxidation sites excluding steroid dienone is 2. The molecular weight excluding hydrogens is 222 g/mol. The minimum absolute atomic E-state index is 0.762. The zero-order chi connectivity index (χ0) is 12.7. The van der Waals surface area contributed by atoms with Crippen molar-refractivity contribution in [1.29, 1.82) is 0 Å². The largest absolute Gasteiger partial charge is 0.395 e. The molecular formula is C15H18NSi. The lowest BCUT2D eigenvalue weighted by atomic mass is 9.99. The fraction of sp³-hybridized carbons (Fsp3) is 0.200. The quantitative estimate of drug-likeness (QED) is 0.522. The fourth-order valence-corrected chi connectivity index (χ4v) is 2.17. The Morgan fingerprint density at radius 1 is 1.06 bits per heavy atom. The zero-order valence-corrected chi connectivity index (χ0v) is 11.2. The van der Waals surface area contributed by atoms with Crippen molar-refractivity contribution in [3.8, 4) is 0 Å². The van der Waals surface area contributed by atoms with Gasteiger partial charge in [-0.05, 0) is 30.0 Å². The SMILES string of the molecule is C=CCc1cccc(N([Si])CC=C)c1CC=C. The third-order valence-electron chi connectivity index (χ3n) is 2.56. The molecule has 0 spiro atoms. The van der Waals surface area contributed by atoms with Crippen LogP contribution < -0.4 is 4.57 Å². The van der Waals surface area contributed by atoms with Gasteiger partial charge in [-0.15, -0.1) is 19.7 Å². The maximum atomic E-state index is 3.82. The smallest absolute Gasteiger partial charge is 0.189 e. The average Bonchev–Trinajstić information content (AvgIpc) is 2.32. The Hall–Kier alpha value is -1.54. The molecule has 0 aliphatic carbocycles. The zero-order valence-electron chi connectivity index (χ0n) is 10.2. The Morgan fingerprint density at radius 3 is 2.35 bits per heavy atom. The minimum atomic E-state index is 0.762. The molecule has 0 aromatic heterocycles. The summed E-state index contributed by atoms with van der Waals surface area (Å²) >= 11 is 0. The first-order valence-corrected chi connectivity index (χ1v) is 6.11. The van der Waals surface area contributed by atoms with Gasteiger partial charge in [-0.2, -0.15) is 0 Å². The summed E-state index contributed by atoms with van der Waals surface area (Å²) in [4.78, 5) is 0. The summed E-state index contributed by atoms with van der Waals surface area (Å²) < 4.78 is 2.01. The molecule has 0 N–H and O–H groups in total. The molecule has 0 amide bonds. The van der Waals surface area contributed by atoms with E-state index in [-0.39, 0.29) is 0 Å². The first-order chi connectivity index (χ1) is 8.24. The highest BCUT2D eigenvalue weighted by atomic mass is 28.2. The van der Waals surface area contributed by atoms with Gasteiger partial charge in [0, 0.05) is 12.2 Å². The molecule has 3 radical (unpaired) electrons. The van der Waals surface area contributed by atoms with Crippen LogP contribution in [-0.2, 0) is 12.8 Å². The van der Waals surface area contributed by atoms with E-state index in [1.165, 1.54) is 16.8 Å². The summed E-state index contributed by atoms with van der Waals surface area (Å²) in [5.41, 5.74) is 3.75. The van der Waals surface area contributed by atoms with Crippen LogP contribution in [0, 0.1) is 0 Å². The molecule has 0 aliphatic rings. The predicted molar refractivity (Wildman–Crippen MR) is 77.5 cm³/mol. The normalized spacial score (nSPS) is 9.71. The molecule has 0 atom stereocenters. The van der Waals surface area contributed by atoms with E-state index < -0.39 is 0 Å². The first kappa shape index (κ1) is 13.5. The van der Waals surface area contributed by atoms with Crippen molar-refractivity contribution < 1.29 is 0 Å². The molecule has 0 bridgehead atoms. The summed E-state index contributed by atoms with van der Waals surface area (Å²) in [6.45, 7) is 12.1. The van der Waals surface area contributed by atoms with Crippen LogP contribution >= 0.6 is 0 Å². The van der Waals surface area contributed by atoms with Crippen molar-refractivity contribution in [2.75, 3.05) is 11.1 Å². The van der Waals surface area contributed by atoms with Gasteiger partial charge >= 0.3 is 0 Å². The van der Waals surface area contributed by atoms with Gasteiger partial charge < -0.3 is 4.57 Å². The van der Waals surface area contributed by atoms with E-state index in [2.05, 4.69) is 48.3 Å². The molecule has 0 saturated carbocycles. The van der Waals surface area contributed by atoms with Crippen LogP contribution in [0.5, 0.6) is 0 Å². The summed E-state index contributed by atoms with van der Waals surface area (Å²) in [5.74, 6) is 0. The topological polar surface area (TPSA) is 3.24 Å². The van der Waals surface area contributed by atoms with Crippen LogP contribution in [0.3, 0.4) is 0 Å². The molecule has 87 valence electrons. The Labute approximate surface area is 108 Å². The Bertz CT molecular complexity index is 409. The molecule has 0 unspecified atom stereocenters. The van der Waals surface area contributed by atoms with Crippen molar-refractivity contribution in [3.05, 3.63) is 67.3 Å². The van der Waals surface area contributed by atoms with E-state index >= 15 is 0 Å². The molecule has 1 aromatic rings. The van der Waals surface area contributed by atoms with Gasteiger partial charge in [-0.25, -0.2) is 0 Å². The highest BCUT2D eigenvalue weighted by Crippen LogP contribution is 2.24. The maximum absolute atomic E-state index is 3.82. The van der Waals surface area contributed by atoms with Crippen LogP contribution in [0.2, 0.25) is 0 Å². The number of anilines is 1. The number of hydrogen-bond acceptors (Lipinski definition) is 1. The summed E-state index contributed by atoms with van der Waals surface area (Å²) in [7, 11) is 3.61. The number of nitrogens with zero attached hydrogens (tertiary/aromatic N) is 1. The third-order valence-corrected chi connectivity index (χ3v) is 2.99. The molecule has 0 fully saturated rings. The van der Waals surface area contributed by atoms with Gasteiger partial charge in [0.2, 0.25) is 0 Å². The van der Waals surface area contributed by atoms with E-state index in [1.807, 2.05) is 22.8 Å². The van der Waals surface area contributed by atoms with Crippen molar-refractivity contribution in [3.63, 3.8) is 0 Å². The highest BCUT2D eigenvalue weighted by molar-refractivity contribution is 6.18.